The molecule has 0 saturated heterocycles. The lowest BCUT2D eigenvalue weighted by Crippen LogP contribution is -2.36. The average Bonchev–Trinajstić information content (AvgIpc) is 3.46. The molecular weight excluding hydrogens is 610 g/mol. The van der Waals surface area contributed by atoms with E-state index < -0.39 is 11.9 Å². The van der Waals surface area contributed by atoms with Crippen molar-refractivity contribution in [2.75, 3.05) is 46.2 Å². The van der Waals surface area contributed by atoms with Crippen LogP contribution in [0.25, 0.3) is 5.65 Å². The molecule has 0 bridgehead atoms. The van der Waals surface area contributed by atoms with Crippen molar-refractivity contribution in [3.8, 4) is 5.75 Å². The fraction of sp³-hybridized carbons (Fsp3) is 0.486. The Labute approximate surface area is 281 Å². The van der Waals surface area contributed by atoms with E-state index in [2.05, 4.69) is 50.0 Å². The molecule has 0 aliphatic heterocycles. The number of methoxy groups -OCH3 is 1. The number of carbonyl (C=O) groups excluding carboxylic acids is 2. The van der Waals surface area contributed by atoms with Crippen LogP contribution in [0, 0.1) is 0 Å². The normalized spacial score (nSPS) is 16.4. The number of amides is 3. The molecule has 13 nitrogen and oxygen atoms in total. The number of aromatic nitrogens is 5. The number of rotatable bonds is 11. The third kappa shape index (κ3) is 8.08. The lowest BCUT2D eigenvalue weighted by molar-refractivity contribution is 0.0940. The van der Waals surface area contributed by atoms with Crippen LogP contribution in [0.1, 0.15) is 92.9 Å². The van der Waals surface area contributed by atoms with Crippen molar-refractivity contribution in [1.29, 1.82) is 0 Å². The first-order chi connectivity index (χ1) is 22.7. The summed E-state index contributed by atoms with van der Waals surface area (Å²) in [5.74, 6) is 1.36. The second kappa shape index (κ2) is 14.2. The highest BCUT2D eigenvalue weighted by Crippen LogP contribution is 2.39. The Morgan fingerprint density at radius 2 is 1.75 bits per heavy atom. The molecule has 0 unspecified atom stereocenters. The largest absolute Gasteiger partial charge is 0.484 e. The topological polar surface area (TPSA) is 148 Å². The molecule has 0 radical (unpaired) electrons. The van der Waals surface area contributed by atoms with Gasteiger partial charge in [0, 0.05) is 37.1 Å². The van der Waals surface area contributed by atoms with Gasteiger partial charge in [-0.05, 0) is 50.2 Å². The van der Waals surface area contributed by atoms with Crippen LogP contribution in [0.5, 0.6) is 5.75 Å². The molecule has 1 aliphatic rings. The fourth-order valence-electron chi connectivity index (χ4n) is 5.79. The van der Waals surface area contributed by atoms with Gasteiger partial charge in [0.05, 0.1) is 24.5 Å². The molecule has 5 rings (SSSR count). The van der Waals surface area contributed by atoms with Crippen LogP contribution in [0.2, 0.25) is 0 Å². The van der Waals surface area contributed by atoms with E-state index in [-0.39, 0.29) is 34.6 Å². The summed E-state index contributed by atoms with van der Waals surface area (Å²) in [7, 11) is 5.54. The van der Waals surface area contributed by atoms with Gasteiger partial charge in [0.15, 0.2) is 5.65 Å². The second-order valence-electron chi connectivity index (χ2n) is 14.2. The van der Waals surface area contributed by atoms with Crippen molar-refractivity contribution in [2.24, 2.45) is 0 Å². The van der Waals surface area contributed by atoms with Gasteiger partial charge in [-0.3, -0.25) is 14.5 Å². The molecule has 3 heterocycles. The Hall–Kier alpha value is -4.62. The monoisotopic (exact) mass is 657 g/mol. The van der Waals surface area contributed by atoms with E-state index in [4.69, 9.17) is 9.47 Å². The molecular formula is C35H47N9O4. The standard InChI is InChI=1S/C35H47N9O4/c1-34(2,3)27-19-28(39-30(38-27)31(45)36-17-18-43(6)7)40-33(46)37-25-14-15-26(24-12-10-9-11-23(24)25)48-22-13-16-29-41-42-32(44(29)20-22)35(4,5)21-47-8/h9-13,16,19-20,25-26H,14-15,17-18,21H2,1-8H3,(H,36,45)(H2,37,38,39,40,46)/t25-,26+/m0/s1. The van der Waals surface area contributed by atoms with Crippen molar-refractivity contribution >= 4 is 23.4 Å². The molecule has 3 amide bonds. The molecule has 4 aromatic rings. The highest BCUT2D eigenvalue weighted by Gasteiger charge is 2.31. The van der Waals surface area contributed by atoms with Crippen molar-refractivity contribution in [3.63, 3.8) is 0 Å². The Balaban J connectivity index is 1.31. The van der Waals surface area contributed by atoms with Crippen LogP contribution in [0.3, 0.4) is 0 Å². The van der Waals surface area contributed by atoms with E-state index in [1.807, 2.05) is 86.8 Å². The Morgan fingerprint density at radius 3 is 2.46 bits per heavy atom. The summed E-state index contributed by atoms with van der Waals surface area (Å²) >= 11 is 0. The summed E-state index contributed by atoms with van der Waals surface area (Å²) in [5.41, 5.74) is 2.65. The lowest BCUT2D eigenvalue weighted by atomic mass is 9.85. The number of benzene rings is 1. The number of pyridine rings is 1. The van der Waals surface area contributed by atoms with Crippen LogP contribution in [0.15, 0.2) is 48.7 Å². The second-order valence-corrected chi connectivity index (χ2v) is 14.2. The molecule has 0 fully saturated rings. The van der Waals surface area contributed by atoms with Crippen LogP contribution in [0.4, 0.5) is 10.6 Å². The molecule has 2 atom stereocenters. The summed E-state index contributed by atoms with van der Waals surface area (Å²) in [5, 5.41) is 17.6. The van der Waals surface area contributed by atoms with E-state index in [9.17, 15) is 9.59 Å². The SMILES string of the molecule is COCC(C)(C)c1nnc2ccc(O[C@@H]3CC[C@H](NC(=O)Nc4cc(C(C)(C)C)nc(C(=O)NCCN(C)C)n4)c4ccccc43)cn12. The van der Waals surface area contributed by atoms with Gasteiger partial charge in [-0.1, -0.05) is 58.9 Å². The number of hydrogen-bond acceptors (Lipinski definition) is 9. The molecule has 3 aromatic heterocycles. The van der Waals surface area contributed by atoms with Gasteiger partial charge in [0.1, 0.15) is 23.5 Å². The molecule has 13 heteroatoms. The number of ether oxygens (including phenoxy) is 2. The molecule has 48 heavy (non-hydrogen) atoms. The number of nitrogens with zero attached hydrogens (tertiary/aromatic N) is 6. The third-order valence-electron chi connectivity index (χ3n) is 8.29. The third-order valence-corrected chi connectivity index (χ3v) is 8.29. The van der Waals surface area contributed by atoms with Crippen LogP contribution in [-0.4, -0.2) is 82.3 Å². The number of urea groups is 1. The zero-order valence-corrected chi connectivity index (χ0v) is 29.1. The van der Waals surface area contributed by atoms with Gasteiger partial charge >= 0.3 is 6.03 Å². The minimum Gasteiger partial charge on any atom is -0.484 e. The highest BCUT2D eigenvalue weighted by molar-refractivity contribution is 5.92. The van der Waals surface area contributed by atoms with E-state index in [1.165, 1.54) is 0 Å². The van der Waals surface area contributed by atoms with Gasteiger partial charge in [-0.2, -0.15) is 0 Å². The number of anilines is 1. The Kier molecular flexibility index (Phi) is 10.3. The summed E-state index contributed by atoms with van der Waals surface area (Å²) in [6.45, 7) is 11.8. The number of nitrogens with one attached hydrogen (secondary N) is 3. The zero-order chi connectivity index (χ0) is 34.6. The van der Waals surface area contributed by atoms with Gasteiger partial charge in [0.25, 0.3) is 5.91 Å². The van der Waals surface area contributed by atoms with Gasteiger partial charge in [0.2, 0.25) is 5.82 Å². The zero-order valence-electron chi connectivity index (χ0n) is 29.1. The maximum Gasteiger partial charge on any atom is 0.320 e. The van der Waals surface area contributed by atoms with Crippen LogP contribution < -0.4 is 20.7 Å². The number of likely N-dealkylation sites (N-methyl/N-ethyl adjacent to an activating group) is 1. The van der Waals surface area contributed by atoms with Gasteiger partial charge in [-0.15, -0.1) is 10.2 Å². The molecule has 0 saturated carbocycles. The first-order valence-corrected chi connectivity index (χ1v) is 16.2. The first-order valence-electron chi connectivity index (χ1n) is 16.2. The fourth-order valence-corrected chi connectivity index (χ4v) is 5.79. The maximum absolute atomic E-state index is 13.4. The van der Waals surface area contributed by atoms with Gasteiger partial charge < -0.3 is 25.0 Å². The maximum atomic E-state index is 13.4. The van der Waals surface area contributed by atoms with E-state index >= 15 is 0 Å². The molecule has 3 N–H and O–H groups in total. The minimum absolute atomic E-state index is 0.0125. The number of carbonyl (C=O) groups is 2. The van der Waals surface area contributed by atoms with E-state index in [0.29, 0.717) is 44.0 Å². The summed E-state index contributed by atoms with van der Waals surface area (Å²) in [4.78, 5) is 37.1. The van der Waals surface area contributed by atoms with Crippen molar-refractivity contribution in [1.82, 2.24) is 40.1 Å². The molecule has 0 spiro atoms. The van der Waals surface area contributed by atoms with Gasteiger partial charge in [-0.25, -0.2) is 14.8 Å². The summed E-state index contributed by atoms with van der Waals surface area (Å²) in [6, 6.07) is 12.8. The van der Waals surface area contributed by atoms with Crippen LogP contribution >= 0.6 is 0 Å². The Bertz CT molecular complexity index is 1760. The number of fused-ring (bicyclic) bond motifs is 2. The summed E-state index contributed by atoms with van der Waals surface area (Å²) in [6.07, 6.45) is 3.05. The minimum atomic E-state index is -0.420. The predicted molar refractivity (Wildman–Crippen MR) is 183 cm³/mol. The average molecular weight is 658 g/mol. The molecule has 1 aliphatic carbocycles. The summed E-state index contributed by atoms with van der Waals surface area (Å²) < 4.78 is 13.9. The van der Waals surface area contributed by atoms with Crippen molar-refractivity contribution < 1.29 is 19.1 Å². The van der Waals surface area contributed by atoms with Crippen molar-refractivity contribution in [2.45, 2.75) is 70.4 Å². The molecule has 1 aromatic carbocycles. The highest BCUT2D eigenvalue weighted by atomic mass is 16.5. The van der Waals surface area contributed by atoms with Crippen LogP contribution in [-0.2, 0) is 15.6 Å². The lowest BCUT2D eigenvalue weighted by Gasteiger charge is -2.32. The Morgan fingerprint density at radius 1 is 1.00 bits per heavy atom. The first kappa shape index (κ1) is 34.7. The smallest absolute Gasteiger partial charge is 0.320 e. The van der Waals surface area contributed by atoms with E-state index in [1.54, 1.807) is 13.2 Å². The van der Waals surface area contributed by atoms with E-state index in [0.717, 1.165) is 22.6 Å². The van der Waals surface area contributed by atoms with Crippen molar-refractivity contribution in [3.05, 3.63) is 77.1 Å². The predicted octanol–water partition coefficient (Wildman–Crippen LogP) is 4.81. The molecule has 256 valence electrons. The quantitative estimate of drug-likeness (QED) is 0.207. The number of hydrogen-bond donors (Lipinski definition) is 3.